The summed E-state index contributed by atoms with van der Waals surface area (Å²) in [6.07, 6.45) is 2.75. The Morgan fingerprint density at radius 3 is 2.61 bits per heavy atom. The van der Waals surface area contributed by atoms with E-state index in [1.54, 1.807) is 18.2 Å². The first-order chi connectivity index (χ1) is 13.5. The highest BCUT2D eigenvalue weighted by Gasteiger charge is 2.26. The van der Waals surface area contributed by atoms with Gasteiger partial charge in [-0.05, 0) is 38.3 Å². The number of nitrogens with zero attached hydrogens (tertiary/aromatic N) is 3. The second-order valence-corrected chi connectivity index (χ2v) is 7.90. The van der Waals surface area contributed by atoms with Crippen molar-refractivity contribution in [2.75, 3.05) is 52.4 Å². The van der Waals surface area contributed by atoms with Gasteiger partial charge in [-0.25, -0.2) is 4.39 Å². The van der Waals surface area contributed by atoms with Crippen molar-refractivity contribution in [3.63, 3.8) is 0 Å². The molecule has 28 heavy (non-hydrogen) atoms. The lowest BCUT2D eigenvalue weighted by molar-refractivity contribution is -0.136. The van der Waals surface area contributed by atoms with Gasteiger partial charge >= 0.3 is 0 Å². The number of aliphatic hydroxyl groups excluding tert-OH is 1. The lowest BCUT2D eigenvalue weighted by Gasteiger charge is -2.38. The molecule has 0 bridgehead atoms. The maximum atomic E-state index is 13.6. The molecule has 7 heteroatoms. The van der Waals surface area contributed by atoms with Crippen LogP contribution in [0.1, 0.15) is 26.2 Å². The molecule has 2 unspecified atom stereocenters. The number of aliphatic hydroxyl groups is 1. The van der Waals surface area contributed by atoms with Gasteiger partial charge in [0, 0.05) is 45.3 Å². The minimum absolute atomic E-state index is 0.0620. The minimum Gasteiger partial charge on any atom is -0.488 e. The molecule has 6 nitrogen and oxygen atoms in total. The van der Waals surface area contributed by atoms with Crippen molar-refractivity contribution in [1.82, 2.24) is 14.7 Å². The third-order valence-electron chi connectivity index (χ3n) is 5.68. The van der Waals surface area contributed by atoms with Crippen molar-refractivity contribution in [1.29, 1.82) is 0 Å². The van der Waals surface area contributed by atoms with Crippen LogP contribution in [0.3, 0.4) is 0 Å². The molecule has 1 aromatic rings. The highest BCUT2D eigenvalue weighted by molar-refractivity contribution is 5.78. The standard InChI is InChI=1S/C21H32FN3O3/c1-17-6-4-5-9-25(17)21(27)15-24-12-10-23(11-13-24)14-18(26)16-28-20-8-3-2-7-19(20)22/h2-3,7-8,17-18,26H,4-6,9-16H2,1H3. The normalized spacial score (nSPS) is 22.8. The zero-order chi connectivity index (χ0) is 19.9. The van der Waals surface area contributed by atoms with Crippen LogP contribution in [-0.4, -0.2) is 90.3 Å². The molecule has 2 aliphatic heterocycles. The van der Waals surface area contributed by atoms with E-state index in [0.29, 0.717) is 19.1 Å². The third-order valence-corrected chi connectivity index (χ3v) is 5.68. The van der Waals surface area contributed by atoms with Crippen LogP contribution in [0.5, 0.6) is 5.75 Å². The number of amides is 1. The molecule has 2 saturated heterocycles. The molecular formula is C21H32FN3O3. The van der Waals surface area contributed by atoms with Crippen molar-refractivity contribution in [2.45, 2.75) is 38.3 Å². The van der Waals surface area contributed by atoms with Crippen LogP contribution in [0, 0.1) is 5.82 Å². The van der Waals surface area contributed by atoms with Crippen molar-refractivity contribution < 1.29 is 19.0 Å². The van der Waals surface area contributed by atoms with Crippen LogP contribution in [0.25, 0.3) is 0 Å². The molecule has 0 aromatic heterocycles. The number of para-hydroxylation sites is 1. The van der Waals surface area contributed by atoms with Crippen LogP contribution < -0.4 is 4.74 Å². The number of carbonyl (C=O) groups excluding carboxylic acids is 1. The van der Waals surface area contributed by atoms with E-state index in [2.05, 4.69) is 16.7 Å². The number of benzene rings is 1. The fourth-order valence-electron chi connectivity index (χ4n) is 3.98. The lowest BCUT2D eigenvalue weighted by Crippen LogP contribution is -2.53. The van der Waals surface area contributed by atoms with E-state index in [0.717, 1.165) is 45.6 Å². The first kappa shape index (κ1) is 21.0. The highest BCUT2D eigenvalue weighted by atomic mass is 19.1. The molecule has 0 radical (unpaired) electrons. The highest BCUT2D eigenvalue weighted by Crippen LogP contribution is 2.17. The van der Waals surface area contributed by atoms with E-state index < -0.39 is 11.9 Å². The maximum absolute atomic E-state index is 13.6. The van der Waals surface area contributed by atoms with Gasteiger partial charge in [0.1, 0.15) is 12.7 Å². The Bertz CT molecular complexity index is 637. The Kier molecular flexibility index (Phi) is 7.65. The number of piperidine rings is 1. The van der Waals surface area contributed by atoms with Crippen LogP contribution in [0.4, 0.5) is 4.39 Å². The number of β-amino-alcohol motifs (C(OH)–C–C–N with tert-alkyl or cyclic N) is 1. The second-order valence-electron chi connectivity index (χ2n) is 7.90. The number of carbonyl (C=O) groups is 1. The van der Waals surface area contributed by atoms with Gasteiger partial charge in [0.15, 0.2) is 11.6 Å². The summed E-state index contributed by atoms with van der Waals surface area (Å²) in [6.45, 7) is 7.29. The number of ether oxygens (including phenoxy) is 1. The summed E-state index contributed by atoms with van der Waals surface area (Å²) in [5.41, 5.74) is 0. The predicted molar refractivity (Wildman–Crippen MR) is 106 cm³/mol. The molecule has 1 N–H and O–H groups in total. The third kappa shape index (κ3) is 5.90. The number of halogens is 1. The summed E-state index contributed by atoms with van der Waals surface area (Å²) in [7, 11) is 0. The molecule has 2 fully saturated rings. The Hall–Kier alpha value is -1.70. The number of hydrogen-bond acceptors (Lipinski definition) is 5. The fourth-order valence-corrected chi connectivity index (χ4v) is 3.98. The van der Waals surface area contributed by atoms with Crippen LogP contribution in [0.2, 0.25) is 0 Å². The molecule has 1 aromatic carbocycles. The molecule has 2 atom stereocenters. The zero-order valence-corrected chi connectivity index (χ0v) is 16.7. The van der Waals surface area contributed by atoms with E-state index in [1.165, 1.54) is 12.5 Å². The Morgan fingerprint density at radius 1 is 1.18 bits per heavy atom. The smallest absolute Gasteiger partial charge is 0.236 e. The summed E-state index contributed by atoms with van der Waals surface area (Å²) in [6, 6.07) is 6.56. The van der Waals surface area contributed by atoms with Crippen molar-refractivity contribution in [3.8, 4) is 5.75 Å². The number of likely N-dealkylation sites (tertiary alicyclic amines) is 1. The number of rotatable bonds is 7. The predicted octanol–water partition coefficient (Wildman–Crippen LogP) is 1.58. The van der Waals surface area contributed by atoms with Gasteiger partial charge in [-0.2, -0.15) is 0 Å². The largest absolute Gasteiger partial charge is 0.488 e. The average Bonchev–Trinajstić information content (AvgIpc) is 2.69. The van der Waals surface area contributed by atoms with Gasteiger partial charge in [-0.1, -0.05) is 12.1 Å². The van der Waals surface area contributed by atoms with Gasteiger partial charge in [0.2, 0.25) is 5.91 Å². The molecule has 0 aliphatic carbocycles. The van der Waals surface area contributed by atoms with Crippen molar-refractivity contribution in [2.24, 2.45) is 0 Å². The SMILES string of the molecule is CC1CCCCN1C(=O)CN1CCN(CC(O)COc2ccccc2F)CC1. The number of hydrogen-bond donors (Lipinski definition) is 1. The van der Waals surface area contributed by atoms with Crippen LogP contribution >= 0.6 is 0 Å². The van der Waals surface area contributed by atoms with Gasteiger partial charge in [-0.15, -0.1) is 0 Å². The summed E-state index contributed by atoms with van der Waals surface area (Å²) >= 11 is 0. The lowest BCUT2D eigenvalue weighted by atomic mass is 10.0. The van der Waals surface area contributed by atoms with Gasteiger partial charge < -0.3 is 14.7 Å². The Morgan fingerprint density at radius 2 is 1.89 bits per heavy atom. The summed E-state index contributed by atoms with van der Waals surface area (Å²) in [5.74, 6) is -0.0215. The van der Waals surface area contributed by atoms with Crippen molar-refractivity contribution >= 4 is 5.91 Å². The van der Waals surface area contributed by atoms with Gasteiger partial charge in [0.05, 0.1) is 6.54 Å². The summed E-state index contributed by atoms with van der Waals surface area (Å²) < 4.78 is 18.9. The first-order valence-corrected chi connectivity index (χ1v) is 10.3. The minimum atomic E-state index is -0.679. The molecule has 0 saturated carbocycles. The molecule has 2 aliphatic rings. The van der Waals surface area contributed by atoms with Gasteiger partial charge in [0.25, 0.3) is 0 Å². The average molecular weight is 394 g/mol. The molecule has 3 rings (SSSR count). The summed E-state index contributed by atoms with van der Waals surface area (Å²) in [5, 5.41) is 10.2. The van der Waals surface area contributed by atoms with Crippen LogP contribution in [0.15, 0.2) is 24.3 Å². The Labute approximate surface area is 166 Å². The fraction of sp³-hybridized carbons (Fsp3) is 0.667. The van der Waals surface area contributed by atoms with E-state index in [9.17, 15) is 14.3 Å². The quantitative estimate of drug-likeness (QED) is 0.762. The zero-order valence-electron chi connectivity index (χ0n) is 16.7. The van der Waals surface area contributed by atoms with E-state index in [4.69, 9.17) is 4.74 Å². The molecule has 2 heterocycles. The molecule has 156 valence electrons. The van der Waals surface area contributed by atoms with E-state index in [1.807, 2.05) is 4.90 Å². The molecule has 0 spiro atoms. The van der Waals surface area contributed by atoms with Gasteiger partial charge in [-0.3, -0.25) is 14.6 Å². The van der Waals surface area contributed by atoms with E-state index in [-0.39, 0.29) is 18.3 Å². The molecular weight excluding hydrogens is 361 g/mol. The van der Waals surface area contributed by atoms with E-state index >= 15 is 0 Å². The van der Waals surface area contributed by atoms with Crippen molar-refractivity contribution in [3.05, 3.63) is 30.1 Å². The first-order valence-electron chi connectivity index (χ1n) is 10.3. The monoisotopic (exact) mass is 393 g/mol. The Balaban J connectivity index is 1.35. The topological polar surface area (TPSA) is 56.3 Å². The summed E-state index contributed by atoms with van der Waals surface area (Å²) in [4.78, 5) is 19.0. The molecule has 1 amide bonds. The van der Waals surface area contributed by atoms with Crippen LogP contribution in [-0.2, 0) is 4.79 Å². The number of piperazine rings is 1. The maximum Gasteiger partial charge on any atom is 0.236 e. The second kappa shape index (κ2) is 10.2.